The Morgan fingerprint density at radius 1 is 1.37 bits per heavy atom. The van der Waals surface area contributed by atoms with Crippen LogP contribution in [-0.2, 0) is 38.1 Å². The highest BCUT2D eigenvalue weighted by atomic mass is 16.6. The van der Waals surface area contributed by atoms with Crippen LogP contribution in [0.1, 0.15) is 26.7 Å². The van der Waals surface area contributed by atoms with Crippen LogP contribution in [0.2, 0.25) is 0 Å². The molecule has 11 heteroatoms. The van der Waals surface area contributed by atoms with E-state index in [-0.39, 0.29) is 12.5 Å². The first-order valence-corrected chi connectivity index (χ1v) is 9.32. The Kier molecular flexibility index (Phi) is 7.95. The fourth-order valence-electron chi connectivity index (χ4n) is 3.12. The summed E-state index contributed by atoms with van der Waals surface area (Å²) in [5.74, 6) is -3.24. The van der Waals surface area contributed by atoms with E-state index in [1.807, 2.05) is 0 Å². The number of primary amides is 1. The molecule has 0 aromatic carbocycles. The zero-order valence-electron chi connectivity index (χ0n) is 17.0. The Hall–Kier alpha value is -2.92. The number of carbonyl (C=O) groups excluding carboxylic acids is 4. The molecule has 3 N–H and O–H groups in total. The quantitative estimate of drug-likeness (QED) is 0.377. The molecule has 0 aromatic heterocycles. The number of esters is 3. The van der Waals surface area contributed by atoms with Gasteiger partial charge in [-0.05, 0) is 6.42 Å². The molecule has 0 radical (unpaired) electrons. The van der Waals surface area contributed by atoms with Gasteiger partial charge in [0.25, 0.3) is 0 Å². The van der Waals surface area contributed by atoms with Crippen molar-refractivity contribution in [1.29, 1.82) is 0 Å². The summed E-state index contributed by atoms with van der Waals surface area (Å²) in [5, 5.41) is 9.71. The lowest BCUT2D eigenvalue weighted by atomic mass is 10.00. The summed E-state index contributed by atoms with van der Waals surface area (Å²) in [6.45, 7) is 2.77. The summed E-state index contributed by atoms with van der Waals surface area (Å²) in [6.07, 6.45) is 0.905. The topological polar surface area (TPSA) is 155 Å². The van der Waals surface area contributed by atoms with Crippen LogP contribution in [0.4, 0.5) is 0 Å². The number of methoxy groups -OCH3 is 1. The summed E-state index contributed by atoms with van der Waals surface area (Å²) >= 11 is 0. The van der Waals surface area contributed by atoms with E-state index in [2.05, 4.69) is 4.74 Å². The van der Waals surface area contributed by atoms with E-state index >= 15 is 0 Å². The third-order valence-corrected chi connectivity index (χ3v) is 4.78. The fourth-order valence-corrected chi connectivity index (χ4v) is 3.12. The summed E-state index contributed by atoms with van der Waals surface area (Å²) in [6, 6.07) is 0. The first-order chi connectivity index (χ1) is 14.1. The average Bonchev–Trinajstić information content (AvgIpc) is 3.01. The first-order valence-electron chi connectivity index (χ1n) is 9.32. The summed E-state index contributed by atoms with van der Waals surface area (Å²) in [4.78, 5) is 47.7. The fraction of sp³-hybridized carbons (Fsp3) is 0.579. The molecule has 0 aromatic rings. The smallest absolute Gasteiger partial charge is 0.335 e. The standard InChI is InChI=1S/C19H26N2O9/c1-10-14(9-28-19(26)13(23)7-15(24)27-3)30-18(16(10)29-11(2)22)21-6-4-5-12(8-21)17(20)25/h4,6,8,10,13-14,16,18,23H,5,7,9H2,1-3H3,(H2,20,25)/t10-,13+,14-,16-,18-/m1/s1. The van der Waals surface area contributed by atoms with Crippen molar-refractivity contribution < 1.29 is 43.2 Å². The minimum absolute atomic E-state index is 0.240. The Morgan fingerprint density at radius 3 is 2.67 bits per heavy atom. The van der Waals surface area contributed by atoms with Crippen molar-refractivity contribution in [2.45, 2.75) is 51.2 Å². The Labute approximate surface area is 173 Å². The SMILES string of the molecule is COC(=O)C[C@H](O)C(=O)OC[C@H]1O[C@@H](N2C=CCC(C(N)=O)=C2)[C@H](OC(C)=O)[C@@H]1C. The number of rotatable bonds is 8. The molecule has 0 spiro atoms. The first kappa shape index (κ1) is 23.4. The minimum Gasteiger partial charge on any atom is -0.469 e. The lowest BCUT2D eigenvalue weighted by molar-refractivity contribution is -0.163. The van der Waals surface area contributed by atoms with Crippen LogP contribution in [0.15, 0.2) is 24.0 Å². The van der Waals surface area contributed by atoms with Gasteiger partial charge in [0.15, 0.2) is 18.4 Å². The molecule has 2 aliphatic heterocycles. The van der Waals surface area contributed by atoms with E-state index in [1.54, 1.807) is 24.1 Å². The number of nitrogens with zero attached hydrogens (tertiary/aromatic N) is 1. The second-order valence-corrected chi connectivity index (χ2v) is 6.98. The molecular weight excluding hydrogens is 400 g/mol. The van der Waals surface area contributed by atoms with Crippen LogP contribution in [0.25, 0.3) is 0 Å². The summed E-state index contributed by atoms with van der Waals surface area (Å²) < 4.78 is 20.8. The maximum absolute atomic E-state index is 11.9. The summed E-state index contributed by atoms with van der Waals surface area (Å²) in [7, 11) is 1.14. The number of amides is 1. The van der Waals surface area contributed by atoms with Gasteiger partial charge in [0.1, 0.15) is 12.7 Å². The van der Waals surface area contributed by atoms with Gasteiger partial charge in [0, 0.05) is 30.8 Å². The maximum atomic E-state index is 11.9. The average molecular weight is 426 g/mol. The number of aliphatic hydroxyl groups is 1. The van der Waals surface area contributed by atoms with Crippen molar-refractivity contribution in [3.05, 3.63) is 24.0 Å². The van der Waals surface area contributed by atoms with Crippen LogP contribution in [-0.4, -0.2) is 72.1 Å². The third kappa shape index (κ3) is 5.80. The predicted molar refractivity (Wildman–Crippen MR) is 99.9 cm³/mol. The van der Waals surface area contributed by atoms with Crippen molar-refractivity contribution in [3.63, 3.8) is 0 Å². The van der Waals surface area contributed by atoms with Gasteiger partial charge in [-0.1, -0.05) is 13.0 Å². The van der Waals surface area contributed by atoms with Gasteiger partial charge in [-0.25, -0.2) is 4.79 Å². The largest absolute Gasteiger partial charge is 0.469 e. The Balaban J connectivity index is 2.08. The van der Waals surface area contributed by atoms with E-state index in [4.69, 9.17) is 19.9 Å². The van der Waals surface area contributed by atoms with Crippen LogP contribution < -0.4 is 5.73 Å². The third-order valence-electron chi connectivity index (χ3n) is 4.78. The molecule has 11 nitrogen and oxygen atoms in total. The van der Waals surface area contributed by atoms with E-state index < -0.39 is 54.8 Å². The summed E-state index contributed by atoms with van der Waals surface area (Å²) in [5.41, 5.74) is 5.70. The number of ether oxygens (including phenoxy) is 4. The van der Waals surface area contributed by atoms with Crippen LogP contribution in [0, 0.1) is 5.92 Å². The molecule has 30 heavy (non-hydrogen) atoms. The molecular formula is C19H26N2O9. The highest BCUT2D eigenvalue weighted by molar-refractivity contribution is 5.92. The lowest BCUT2D eigenvalue weighted by Crippen LogP contribution is -2.40. The molecule has 5 atom stereocenters. The highest BCUT2D eigenvalue weighted by Crippen LogP contribution is 2.33. The molecule has 1 saturated heterocycles. The molecule has 0 aliphatic carbocycles. The predicted octanol–water partition coefficient (Wildman–Crippen LogP) is -0.665. The van der Waals surface area contributed by atoms with Crippen LogP contribution in [0.5, 0.6) is 0 Å². The van der Waals surface area contributed by atoms with Gasteiger partial charge >= 0.3 is 17.9 Å². The Morgan fingerprint density at radius 2 is 2.07 bits per heavy atom. The molecule has 2 heterocycles. The van der Waals surface area contributed by atoms with Crippen molar-refractivity contribution in [1.82, 2.24) is 4.90 Å². The van der Waals surface area contributed by atoms with E-state index in [9.17, 15) is 24.3 Å². The van der Waals surface area contributed by atoms with E-state index in [0.717, 1.165) is 7.11 Å². The number of carbonyl (C=O) groups is 4. The maximum Gasteiger partial charge on any atom is 0.335 e. The van der Waals surface area contributed by atoms with Crippen molar-refractivity contribution in [3.8, 4) is 0 Å². The van der Waals surface area contributed by atoms with Crippen LogP contribution in [0.3, 0.4) is 0 Å². The number of aliphatic hydroxyl groups excluding tert-OH is 1. The van der Waals surface area contributed by atoms with Crippen molar-refractivity contribution >= 4 is 23.8 Å². The number of hydrogen-bond acceptors (Lipinski definition) is 10. The normalized spacial score (nSPS) is 26.5. The van der Waals surface area contributed by atoms with Crippen molar-refractivity contribution in [2.75, 3.05) is 13.7 Å². The van der Waals surface area contributed by atoms with Gasteiger partial charge in [-0.3, -0.25) is 14.4 Å². The lowest BCUT2D eigenvalue weighted by Gasteiger charge is -2.30. The molecule has 2 aliphatic rings. The van der Waals surface area contributed by atoms with Crippen molar-refractivity contribution in [2.24, 2.45) is 11.7 Å². The molecule has 166 valence electrons. The molecule has 0 bridgehead atoms. The molecule has 2 rings (SSSR count). The van der Waals surface area contributed by atoms with Gasteiger partial charge in [0.05, 0.1) is 13.5 Å². The highest BCUT2D eigenvalue weighted by Gasteiger charge is 2.47. The van der Waals surface area contributed by atoms with Crippen LogP contribution >= 0.6 is 0 Å². The van der Waals surface area contributed by atoms with Gasteiger partial charge < -0.3 is 34.7 Å². The number of hydrogen-bond donors (Lipinski definition) is 2. The number of nitrogens with two attached hydrogens (primary N) is 1. The van der Waals surface area contributed by atoms with E-state index in [1.165, 1.54) is 13.1 Å². The number of allylic oxidation sites excluding steroid dienone is 1. The molecule has 0 saturated carbocycles. The zero-order valence-corrected chi connectivity index (χ0v) is 17.0. The molecule has 0 unspecified atom stereocenters. The molecule has 1 amide bonds. The minimum atomic E-state index is -1.67. The Bertz CT molecular complexity index is 748. The van der Waals surface area contributed by atoms with Gasteiger partial charge in [-0.2, -0.15) is 0 Å². The molecule has 1 fully saturated rings. The van der Waals surface area contributed by atoms with Gasteiger partial charge in [-0.15, -0.1) is 0 Å². The van der Waals surface area contributed by atoms with Gasteiger partial charge in [0.2, 0.25) is 5.91 Å². The second kappa shape index (κ2) is 10.2. The zero-order chi connectivity index (χ0) is 22.4. The second-order valence-electron chi connectivity index (χ2n) is 6.98. The van der Waals surface area contributed by atoms with E-state index in [0.29, 0.717) is 12.0 Å². The monoisotopic (exact) mass is 426 g/mol.